The number of carboxylic acids is 1. The zero-order valence-electron chi connectivity index (χ0n) is 9.18. The summed E-state index contributed by atoms with van der Waals surface area (Å²) in [6.45, 7) is 3.74. The van der Waals surface area contributed by atoms with Gasteiger partial charge in [-0.1, -0.05) is 5.16 Å². The first-order valence-electron chi connectivity index (χ1n) is 4.71. The van der Waals surface area contributed by atoms with Crippen LogP contribution in [0.3, 0.4) is 0 Å². The Morgan fingerprint density at radius 3 is 2.62 bits per heavy atom. The summed E-state index contributed by atoms with van der Waals surface area (Å²) in [6.07, 6.45) is 0. The van der Waals surface area contributed by atoms with Crippen molar-refractivity contribution in [3.05, 3.63) is 23.2 Å². The minimum absolute atomic E-state index is 0.169. The van der Waals surface area contributed by atoms with Crippen molar-refractivity contribution >= 4 is 5.97 Å². The van der Waals surface area contributed by atoms with E-state index in [9.17, 15) is 4.79 Å². The monoisotopic (exact) mass is 221 g/mol. The number of hydrogen-bond donors (Lipinski definition) is 1. The van der Waals surface area contributed by atoms with Gasteiger partial charge in [0.1, 0.15) is 5.69 Å². The normalized spacial score (nSPS) is 10.7. The molecule has 6 heteroatoms. The van der Waals surface area contributed by atoms with Crippen LogP contribution in [0.1, 0.15) is 21.9 Å². The Balaban J connectivity index is 2.54. The molecule has 6 nitrogen and oxygen atoms in total. The fraction of sp³-hybridized carbons (Fsp3) is 0.300. The van der Waals surface area contributed by atoms with Crippen molar-refractivity contribution in [3.63, 3.8) is 0 Å². The van der Waals surface area contributed by atoms with Gasteiger partial charge < -0.3 is 9.63 Å². The molecule has 2 aromatic heterocycles. The van der Waals surface area contributed by atoms with Gasteiger partial charge in [0.2, 0.25) is 5.76 Å². The van der Waals surface area contributed by atoms with E-state index in [4.69, 9.17) is 9.63 Å². The molecule has 0 aromatic carbocycles. The van der Waals surface area contributed by atoms with E-state index in [0.29, 0.717) is 5.69 Å². The number of aromatic carboxylic acids is 1. The van der Waals surface area contributed by atoms with Crippen molar-refractivity contribution in [3.8, 4) is 11.3 Å². The highest BCUT2D eigenvalue weighted by Gasteiger charge is 2.18. The average molecular weight is 221 g/mol. The molecular formula is C10H11N3O3. The van der Waals surface area contributed by atoms with E-state index in [0.717, 1.165) is 17.0 Å². The van der Waals surface area contributed by atoms with E-state index in [2.05, 4.69) is 10.3 Å². The zero-order chi connectivity index (χ0) is 11.9. The highest BCUT2D eigenvalue weighted by molar-refractivity contribution is 5.86. The van der Waals surface area contributed by atoms with Crippen LogP contribution in [-0.4, -0.2) is 26.0 Å². The number of hydrogen-bond acceptors (Lipinski definition) is 4. The van der Waals surface area contributed by atoms with Crippen molar-refractivity contribution in [1.82, 2.24) is 14.9 Å². The maximum absolute atomic E-state index is 10.7. The van der Waals surface area contributed by atoms with Crippen molar-refractivity contribution < 1.29 is 14.4 Å². The molecule has 1 N–H and O–H groups in total. The van der Waals surface area contributed by atoms with Gasteiger partial charge in [0, 0.05) is 24.4 Å². The van der Waals surface area contributed by atoms with Crippen LogP contribution in [0.4, 0.5) is 0 Å². The number of carboxylic acid groups (broad SMARTS) is 1. The van der Waals surface area contributed by atoms with Gasteiger partial charge in [-0.05, 0) is 13.8 Å². The van der Waals surface area contributed by atoms with Gasteiger partial charge in [-0.15, -0.1) is 0 Å². The lowest BCUT2D eigenvalue weighted by Gasteiger charge is -1.95. The summed E-state index contributed by atoms with van der Waals surface area (Å²) in [5, 5.41) is 16.7. The number of aryl methyl sites for hydroxylation is 2. The van der Waals surface area contributed by atoms with Crippen molar-refractivity contribution in [2.24, 2.45) is 7.05 Å². The number of aromatic nitrogens is 3. The number of carbonyl (C=O) groups is 1. The molecule has 0 aliphatic carbocycles. The first-order valence-corrected chi connectivity index (χ1v) is 4.71. The summed E-state index contributed by atoms with van der Waals surface area (Å²) in [6, 6.07) is 1.40. The lowest BCUT2D eigenvalue weighted by atomic mass is 10.1. The van der Waals surface area contributed by atoms with E-state index in [1.54, 1.807) is 4.68 Å². The third-order valence-electron chi connectivity index (χ3n) is 2.49. The molecule has 0 atom stereocenters. The van der Waals surface area contributed by atoms with E-state index < -0.39 is 5.97 Å². The fourth-order valence-corrected chi connectivity index (χ4v) is 1.64. The molecule has 0 bridgehead atoms. The fourth-order valence-electron chi connectivity index (χ4n) is 1.64. The van der Waals surface area contributed by atoms with Crippen LogP contribution in [0.15, 0.2) is 10.6 Å². The Kier molecular flexibility index (Phi) is 2.26. The largest absolute Gasteiger partial charge is 0.475 e. The van der Waals surface area contributed by atoms with Crippen molar-refractivity contribution in [1.29, 1.82) is 0 Å². The Morgan fingerprint density at radius 2 is 2.19 bits per heavy atom. The van der Waals surface area contributed by atoms with Gasteiger partial charge in [0.05, 0.1) is 5.69 Å². The zero-order valence-corrected chi connectivity index (χ0v) is 9.18. The summed E-state index contributed by atoms with van der Waals surface area (Å²) < 4.78 is 6.44. The Bertz CT molecular complexity index is 554. The van der Waals surface area contributed by atoms with E-state index in [1.165, 1.54) is 6.07 Å². The van der Waals surface area contributed by atoms with Crippen LogP contribution in [0.2, 0.25) is 0 Å². The average Bonchev–Trinajstić information content (AvgIpc) is 2.74. The van der Waals surface area contributed by atoms with Crippen LogP contribution < -0.4 is 0 Å². The Labute approximate surface area is 91.5 Å². The second-order valence-corrected chi connectivity index (χ2v) is 3.55. The van der Waals surface area contributed by atoms with E-state index in [-0.39, 0.29) is 5.76 Å². The predicted molar refractivity (Wildman–Crippen MR) is 55.1 cm³/mol. The second kappa shape index (κ2) is 3.48. The van der Waals surface area contributed by atoms with Gasteiger partial charge in [0.25, 0.3) is 0 Å². The standard InChI is InChI=1S/C10H11N3O3/c1-5-9(6(2)13(3)11-5)7-4-8(10(14)15)16-12-7/h4H,1-3H3,(H,14,15). The molecule has 2 rings (SSSR count). The minimum atomic E-state index is -1.13. The highest BCUT2D eigenvalue weighted by atomic mass is 16.5. The third kappa shape index (κ3) is 1.48. The van der Waals surface area contributed by atoms with E-state index >= 15 is 0 Å². The minimum Gasteiger partial charge on any atom is -0.475 e. The lowest BCUT2D eigenvalue weighted by Crippen LogP contribution is -1.93. The first kappa shape index (κ1) is 10.4. The molecule has 0 saturated carbocycles. The molecular weight excluding hydrogens is 210 g/mol. The van der Waals surface area contributed by atoms with Crippen LogP contribution in [0.25, 0.3) is 11.3 Å². The molecule has 0 radical (unpaired) electrons. The first-order chi connectivity index (χ1) is 7.50. The molecule has 0 aliphatic rings. The lowest BCUT2D eigenvalue weighted by molar-refractivity contribution is 0.0652. The van der Waals surface area contributed by atoms with Crippen LogP contribution in [0.5, 0.6) is 0 Å². The van der Waals surface area contributed by atoms with Crippen molar-refractivity contribution in [2.45, 2.75) is 13.8 Å². The molecule has 2 aromatic rings. The van der Waals surface area contributed by atoms with Crippen LogP contribution in [-0.2, 0) is 7.05 Å². The summed E-state index contributed by atoms with van der Waals surface area (Å²) in [4.78, 5) is 10.7. The summed E-state index contributed by atoms with van der Waals surface area (Å²) in [7, 11) is 1.82. The van der Waals surface area contributed by atoms with Crippen LogP contribution >= 0.6 is 0 Å². The molecule has 0 aliphatic heterocycles. The Hall–Kier alpha value is -2.11. The molecule has 84 valence electrons. The Morgan fingerprint density at radius 1 is 1.50 bits per heavy atom. The van der Waals surface area contributed by atoms with Gasteiger partial charge in [-0.25, -0.2) is 4.79 Å². The second-order valence-electron chi connectivity index (χ2n) is 3.55. The van der Waals surface area contributed by atoms with Crippen molar-refractivity contribution in [2.75, 3.05) is 0 Å². The summed E-state index contributed by atoms with van der Waals surface area (Å²) in [5.74, 6) is -1.30. The van der Waals surface area contributed by atoms with Gasteiger partial charge in [0.15, 0.2) is 0 Å². The predicted octanol–water partition coefficient (Wildman–Crippen LogP) is 1.39. The molecule has 2 heterocycles. The number of rotatable bonds is 2. The van der Waals surface area contributed by atoms with Gasteiger partial charge in [-0.3, -0.25) is 4.68 Å². The summed E-state index contributed by atoms with van der Waals surface area (Å²) >= 11 is 0. The molecule has 0 unspecified atom stereocenters. The SMILES string of the molecule is Cc1nn(C)c(C)c1-c1cc(C(=O)O)on1. The maximum Gasteiger partial charge on any atom is 0.374 e. The molecule has 16 heavy (non-hydrogen) atoms. The molecule has 0 amide bonds. The summed E-state index contributed by atoms with van der Waals surface area (Å²) in [5.41, 5.74) is 3.03. The van der Waals surface area contributed by atoms with E-state index in [1.807, 2.05) is 20.9 Å². The van der Waals surface area contributed by atoms with Crippen LogP contribution in [0, 0.1) is 13.8 Å². The highest BCUT2D eigenvalue weighted by Crippen LogP contribution is 2.25. The topological polar surface area (TPSA) is 81.2 Å². The molecule has 0 fully saturated rings. The third-order valence-corrected chi connectivity index (χ3v) is 2.49. The van der Waals surface area contributed by atoms with Gasteiger partial charge >= 0.3 is 5.97 Å². The smallest absolute Gasteiger partial charge is 0.374 e. The maximum atomic E-state index is 10.7. The molecule has 0 spiro atoms. The quantitative estimate of drug-likeness (QED) is 0.828. The number of nitrogens with zero attached hydrogens (tertiary/aromatic N) is 3. The van der Waals surface area contributed by atoms with Gasteiger partial charge in [-0.2, -0.15) is 5.10 Å². The molecule has 0 saturated heterocycles.